The van der Waals surface area contributed by atoms with Crippen LogP contribution in [0.25, 0.3) is 0 Å². The van der Waals surface area contributed by atoms with Gasteiger partial charge in [0.25, 0.3) is 0 Å². The molecule has 0 radical (unpaired) electrons. The van der Waals surface area contributed by atoms with E-state index < -0.39 is 0 Å². The maximum absolute atomic E-state index is 5.25. The highest BCUT2D eigenvalue weighted by Crippen LogP contribution is 2.01. The maximum atomic E-state index is 5.25. The lowest BCUT2D eigenvalue weighted by Crippen LogP contribution is -1.86. The zero-order valence-electron chi connectivity index (χ0n) is 7.22. The third-order valence-electron chi connectivity index (χ3n) is 1.47. The quantitative estimate of drug-likeness (QED) is 0.326. The predicted molar refractivity (Wildman–Crippen MR) is 50.1 cm³/mol. The second kappa shape index (κ2) is 5.59. The molecule has 58 valence electrons. The average Bonchev–Trinajstić information content (AvgIpc) is 2.06. The van der Waals surface area contributed by atoms with Crippen LogP contribution >= 0.6 is 0 Å². The van der Waals surface area contributed by atoms with Gasteiger partial charge in [-0.05, 0) is 25.0 Å². The Balaban J connectivity index is 4.33. The highest BCUT2D eigenvalue weighted by atomic mass is 13.9. The van der Waals surface area contributed by atoms with E-state index in [4.69, 9.17) is 6.42 Å². The Morgan fingerprint density at radius 1 is 1.73 bits per heavy atom. The van der Waals surface area contributed by atoms with Crippen LogP contribution in [0.2, 0.25) is 0 Å². The number of rotatable bonds is 3. The standard InChI is InChI=1S/C11H14/c1-5-10(4)8-9-11(6-2)7-3/h2,5,9,11H,1,7H2,3-4H3. The van der Waals surface area contributed by atoms with Crippen LogP contribution in [0.4, 0.5) is 0 Å². The third-order valence-corrected chi connectivity index (χ3v) is 1.47. The van der Waals surface area contributed by atoms with Crippen molar-refractivity contribution in [2.24, 2.45) is 5.92 Å². The molecule has 0 amide bonds. The Kier molecular flexibility index (Phi) is 4.99. The second-order valence-corrected chi connectivity index (χ2v) is 2.38. The smallest absolute Gasteiger partial charge is 0.0451 e. The summed E-state index contributed by atoms with van der Waals surface area (Å²) in [6, 6.07) is 0. The van der Waals surface area contributed by atoms with Crippen LogP contribution in [0.3, 0.4) is 0 Å². The molecule has 0 nitrogen and oxygen atoms in total. The van der Waals surface area contributed by atoms with E-state index in [1.165, 1.54) is 0 Å². The molecule has 0 aliphatic heterocycles. The first-order valence-electron chi connectivity index (χ1n) is 3.76. The summed E-state index contributed by atoms with van der Waals surface area (Å²) < 4.78 is 0. The summed E-state index contributed by atoms with van der Waals surface area (Å²) in [6.07, 6.45) is 9.90. The van der Waals surface area contributed by atoms with Crippen LogP contribution in [0.15, 0.2) is 30.0 Å². The summed E-state index contributed by atoms with van der Waals surface area (Å²) in [7, 11) is 0. The van der Waals surface area contributed by atoms with E-state index >= 15 is 0 Å². The molecule has 0 spiro atoms. The van der Waals surface area contributed by atoms with Crippen LogP contribution in [-0.4, -0.2) is 0 Å². The Morgan fingerprint density at radius 3 is 2.73 bits per heavy atom. The zero-order valence-corrected chi connectivity index (χ0v) is 7.22. The van der Waals surface area contributed by atoms with Crippen LogP contribution in [0, 0.1) is 18.3 Å². The van der Waals surface area contributed by atoms with Crippen molar-refractivity contribution < 1.29 is 0 Å². The molecule has 0 heterocycles. The lowest BCUT2D eigenvalue weighted by molar-refractivity contribution is 0.802. The van der Waals surface area contributed by atoms with E-state index in [0.717, 1.165) is 12.0 Å². The lowest BCUT2D eigenvalue weighted by Gasteiger charge is -1.95. The van der Waals surface area contributed by atoms with Gasteiger partial charge in [-0.1, -0.05) is 25.5 Å². The van der Waals surface area contributed by atoms with Crippen molar-refractivity contribution in [3.05, 3.63) is 30.0 Å². The number of allylic oxidation sites excluding steroid dienone is 2. The number of hydrogen-bond donors (Lipinski definition) is 0. The first-order valence-corrected chi connectivity index (χ1v) is 3.76. The van der Waals surface area contributed by atoms with E-state index in [1.54, 1.807) is 6.08 Å². The molecule has 0 bridgehead atoms. The monoisotopic (exact) mass is 146 g/mol. The molecule has 1 atom stereocenters. The van der Waals surface area contributed by atoms with Crippen molar-refractivity contribution in [3.8, 4) is 12.3 Å². The molecule has 0 heteroatoms. The van der Waals surface area contributed by atoms with Gasteiger partial charge in [-0.25, -0.2) is 0 Å². The number of hydrogen-bond acceptors (Lipinski definition) is 0. The molecule has 0 fully saturated rings. The van der Waals surface area contributed by atoms with E-state index in [2.05, 4.69) is 25.2 Å². The summed E-state index contributed by atoms with van der Waals surface area (Å²) in [4.78, 5) is 0. The first kappa shape index (κ1) is 9.82. The van der Waals surface area contributed by atoms with E-state index in [0.29, 0.717) is 0 Å². The Hall–Kier alpha value is -1.18. The summed E-state index contributed by atoms with van der Waals surface area (Å²) >= 11 is 0. The molecule has 0 aromatic heterocycles. The van der Waals surface area contributed by atoms with E-state index in [9.17, 15) is 0 Å². The molecule has 11 heavy (non-hydrogen) atoms. The summed E-state index contributed by atoms with van der Waals surface area (Å²) in [5, 5.41) is 0. The fourth-order valence-corrected chi connectivity index (χ4v) is 0.575. The van der Waals surface area contributed by atoms with Gasteiger partial charge in [0.05, 0.1) is 0 Å². The van der Waals surface area contributed by atoms with Crippen molar-refractivity contribution in [3.63, 3.8) is 0 Å². The molecule has 1 unspecified atom stereocenters. The van der Waals surface area contributed by atoms with Crippen LogP contribution in [0.1, 0.15) is 20.3 Å². The largest absolute Gasteiger partial charge is 0.121 e. The lowest BCUT2D eigenvalue weighted by atomic mass is 10.1. The van der Waals surface area contributed by atoms with Crippen molar-refractivity contribution in [2.75, 3.05) is 0 Å². The fraction of sp³-hybridized carbons (Fsp3) is 0.364. The van der Waals surface area contributed by atoms with Crippen LogP contribution in [-0.2, 0) is 0 Å². The summed E-state index contributed by atoms with van der Waals surface area (Å²) in [5.41, 5.74) is 4.09. The predicted octanol–water partition coefficient (Wildman–Crippen LogP) is 2.93. The number of terminal acetylenes is 1. The minimum absolute atomic E-state index is 0.213. The zero-order chi connectivity index (χ0) is 8.69. The molecule has 0 aromatic rings. The van der Waals surface area contributed by atoms with Gasteiger partial charge in [-0.2, -0.15) is 0 Å². The molecular weight excluding hydrogens is 132 g/mol. The van der Waals surface area contributed by atoms with Gasteiger partial charge in [-0.3, -0.25) is 0 Å². The van der Waals surface area contributed by atoms with Gasteiger partial charge in [0.2, 0.25) is 0 Å². The van der Waals surface area contributed by atoms with Gasteiger partial charge in [0.15, 0.2) is 0 Å². The van der Waals surface area contributed by atoms with Gasteiger partial charge in [-0.15, -0.1) is 12.2 Å². The molecule has 0 N–H and O–H groups in total. The molecule has 0 aliphatic rings. The minimum Gasteiger partial charge on any atom is -0.121 e. The Morgan fingerprint density at radius 2 is 2.36 bits per heavy atom. The van der Waals surface area contributed by atoms with E-state index in [1.807, 2.05) is 13.0 Å². The fourth-order valence-electron chi connectivity index (χ4n) is 0.575. The van der Waals surface area contributed by atoms with Gasteiger partial charge in [0, 0.05) is 5.92 Å². The average molecular weight is 146 g/mol. The topological polar surface area (TPSA) is 0 Å². The van der Waals surface area contributed by atoms with Crippen molar-refractivity contribution in [1.82, 2.24) is 0 Å². The Labute approximate surface area is 69.3 Å². The third kappa shape index (κ3) is 4.25. The minimum atomic E-state index is 0.213. The molecule has 0 saturated carbocycles. The molecule has 0 aliphatic carbocycles. The van der Waals surface area contributed by atoms with Crippen LogP contribution in [0.5, 0.6) is 0 Å². The van der Waals surface area contributed by atoms with Crippen LogP contribution < -0.4 is 0 Å². The summed E-state index contributed by atoms with van der Waals surface area (Å²) in [6.45, 7) is 7.63. The summed E-state index contributed by atoms with van der Waals surface area (Å²) in [5.74, 6) is 2.88. The normalized spacial score (nSPS) is 10.6. The molecular formula is C11H14. The van der Waals surface area contributed by atoms with Gasteiger partial charge >= 0.3 is 0 Å². The van der Waals surface area contributed by atoms with Gasteiger partial charge in [0.1, 0.15) is 0 Å². The SMILES string of the molecule is C#CC(C=C=C(C)C=C)CC. The highest BCUT2D eigenvalue weighted by Gasteiger charge is 1.91. The van der Waals surface area contributed by atoms with Crippen molar-refractivity contribution in [1.29, 1.82) is 0 Å². The van der Waals surface area contributed by atoms with Crippen molar-refractivity contribution >= 4 is 0 Å². The van der Waals surface area contributed by atoms with E-state index in [-0.39, 0.29) is 5.92 Å². The second-order valence-electron chi connectivity index (χ2n) is 2.38. The highest BCUT2D eigenvalue weighted by molar-refractivity contribution is 5.15. The molecule has 0 aromatic carbocycles. The Bertz CT molecular complexity index is 219. The first-order chi connectivity index (χ1) is 5.24. The van der Waals surface area contributed by atoms with Crippen molar-refractivity contribution in [2.45, 2.75) is 20.3 Å². The molecule has 0 rings (SSSR count). The van der Waals surface area contributed by atoms with Gasteiger partial charge < -0.3 is 0 Å². The maximum Gasteiger partial charge on any atom is 0.0451 e. The molecule has 0 saturated heterocycles.